The Morgan fingerprint density at radius 3 is 2.47 bits per heavy atom. The largest absolute Gasteiger partial charge is 0.379 e. The van der Waals surface area contributed by atoms with E-state index >= 15 is 0 Å². The molecule has 6 rings (SSSR count). The van der Waals surface area contributed by atoms with E-state index in [-0.39, 0.29) is 0 Å². The molecule has 2 aromatic carbocycles. The van der Waals surface area contributed by atoms with Crippen LogP contribution in [0.15, 0.2) is 60.9 Å². The highest BCUT2D eigenvalue weighted by Gasteiger charge is 2.18. The van der Waals surface area contributed by atoms with Gasteiger partial charge in [0.25, 0.3) is 0 Å². The lowest BCUT2D eigenvalue weighted by molar-refractivity contribution is 0.0332. The molecule has 2 aliphatic rings. The molecule has 0 N–H and O–H groups in total. The number of hydrogen-bond acceptors (Lipinski definition) is 6. The summed E-state index contributed by atoms with van der Waals surface area (Å²) in [5, 5.41) is 6.95. The second-order valence-electron chi connectivity index (χ2n) is 9.99. The summed E-state index contributed by atoms with van der Waals surface area (Å²) in [4.78, 5) is 12.1. The second kappa shape index (κ2) is 10.0. The Morgan fingerprint density at radius 1 is 0.806 bits per heavy atom. The molecule has 0 bridgehead atoms. The highest BCUT2D eigenvalue weighted by Crippen LogP contribution is 2.31. The van der Waals surface area contributed by atoms with E-state index in [0.717, 1.165) is 75.7 Å². The van der Waals surface area contributed by atoms with E-state index in [1.807, 2.05) is 24.1 Å². The number of morpholine rings is 1. The summed E-state index contributed by atoms with van der Waals surface area (Å²) in [6.45, 7) is 8.73. The maximum absolute atomic E-state index is 5.53. The minimum atomic E-state index is 0.801. The molecule has 0 atom stereocenters. The first kappa shape index (κ1) is 23.2. The van der Waals surface area contributed by atoms with Gasteiger partial charge in [0, 0.05) is 81.3 Å². The molecule has 0 aliphatic carbocycles. The fourth-order valence-corrected chi connectivity index (χ4v) is 5.26. The molecule has 2 fully saturated rings. The molecule has 0 unspecified atom stereocenters. The van der Waals surface area contributed by atoms with E-state index in [0.29, 0.717) is 0 Å². The number of piperazine rings is 1. The number of hydrogen-bond donors (Lipinski definition) is 0. The van der Waals surface area contributed by atoms with Crippen molar-refractivity contribution >= 4 is 16.5 Å². The Morgan fingerprint density at radius 2 is 1.64 bits per heavy atom. The summed E-state index contributed by atoms with van der Waals surface area (Å²) >= 11 is 0. The van der Waals surface area contributed by atoms with Crippen LogP contribution in [0.3, 0.4) is 0 Å². The fraction of sp³-hybridized carbons (Fsp3) is 0.379. The van der Waals surface area contributed by atoms with E-state index < -0.39 is 0 Å². The minimum Gasteiger partial charge on any atom is -0.379 e. The number of ether oxygens (including phenoxy) is 1. The van der Waals surface area contributed by atoms with Crippen LogP contribution in [0.4, 0.5) is 5.69 Å². The van der Waals surface area contributed by atoms with Gasteiger partial charge in [-0.1, -0.05) is 24.3 Å². The maximum Gasteiger partial charge on any atom is 0.0709 e. The summed E-state index contributed by atoms with van der Waals surface area (Å²) in [6, 6.07) is 17.7. The van der Waals surface area contributed by atoms with E-state index in [9.17, 15) is 0 Å². The Kier molecular flexibility index (Phi) is 6.44. The average Bonchev–Trinajstić information content (AvgIpc) is 3.29. The number of aryl methyl sites for hydroxylation is 1. The van der Waals surface area contributed by atoms with Crippen LogP contribution in [0.1, 0.15) is 5.69 Å². The molecule has 2 aliphatic heterocycles. The van der Waals surface area contributed by atoms with E-state index in [1.165, 1.54) is 27.9 Å². The number of anilines is 1. The van der Waals surface area contributed by atoms with E-state index in [4.69, 9.17) is 9.72 Å². The molecule has 0 radical (unpaired) electrons. The van der Waals surface area contributed by atoms with Crippen molar-refractivity contribution < 1.29 is 4.74 Å². The Labute approximate surface area is 212 Å². The third-order valence-corrected chi connectivity index (χ3v) is 7.58. The topological polar surface area (TPSA) is 49.7 Å². The highest BCUT2D eigenvalue weighted by molar-refractivity contribution is 5.89. The first-order valence-electron chi connectivity index (χ1n) is 12.9. The maximum atomic E-state index is 5.53. The fourth-order valence-electron chi connectivity index (χ4n) is 5.26. The van der Waals surface area contributed by atoms with Gasteiger partial charge < -0.3 is 14.5 Å². The van der Waals surface area contributed by atoms with Crippen molar-refractivity contribution in [3.8, 4) is 22.4 Å². The number of rotatable bonds is 5. The van der Waals surface area contributed by atoms with Crippen molar-refractivity contribution in [2.24, 2.45) is 7.05 Å². The summed E-state index contributed by atoms with van der Waals surface area (Å²) in [5.41, 5.74) is 7.08. The van der Waals surface area contributed by atoms with Gasteiger partial charge in [-0.05, 0) is 42.3 Å². The molecule has 4 heterocycles. The van der Waals surface area contributed by atoms with Crippen LogP contribution in [0, 0.1) is 0 Å². The number of likely N-dealkylation sites (N-methyl/N-ethyl adjacent to an activating group) is 1. The number of fused-ring (bicyclic) bond motifs is 1. The summed E-state index contributed by atoms with van der Waals surface area (Å²) < 4.78 is 7.54. The Bertz CT molecular complexity index is 1350. The molecule has 7 nitrogen and oxygen atoms in total. The van der Waals surface area contributed by atoms with Crippen LogP contribution >= 0.6 is 0 Å². The van der Waals surface area contributed by atoms with Crippen LogP contribution in [-0.4, -0.2) is 84.1 Å². The van der Waals surface area contributed by atoms with Gasteiger partial charge in [-0.3, -0.25) is 14.6 Å². The first-order chi connectivity index (χ1) is 17.6. The number of benzene rings is 2. The predicted molar refractivity (Wildman–Crippen MR) is 145 cm³/mol. The van der Waals surface area contributed by atoms with Crippen molar-refractivity contribution in [3.63, 3.8) is 0 Å². The van der Waals surface area contributed by atoms with E-state index in [2.05, 4.69) is 75.4 Å². The smallest absolute Gasteiger partial charge is 0.0709 e. The SMILES string of the molecule is CN1CCN(c2cccc(-c3cc4cc(-c5cnn(C)c5CN5CCOCC5)ccc4cn3)c2)CC1. The molecule has 2 aromatic heterocycles. The molecule has 186 valence electrons. The number of nitrogens with zero attached hydrogens (tertiary/aromatic N) is 6. The molecule has 0 spiro atoms. The van der Waals surface area contributed by atoms with Crippen molar-refractivity contribution in [2.75, 3.05) is 64.4 Å². The quantitative estimate of drug-likeness (QED) is 0.430. The van der Waals surface area contributed by atoms with Crippen molar-refractivity contribution in [1.82, 2.24) is 24.6 Å². The molecule has 7 heteroatoms. The number of pyridine rings is 1. The van der Waals surface area contributed by atoms with Gasteiger partial charge >= 0.3 is 0 Å². The lowest BCUT2D eigenvalue weighted by atomic mass is 10.0. The van der Waals surface area contributed by atoms with Gasteiger partial charge in [0.1, 0.15) is 0 Å². The molecule has 0 saturated carbocycles. The zero-order chi connectivity index (χ0) is 24.5. The molecule has 36 heavy (non-hydrogen) atoms. The van der Waals surface area contributed by atoms with Gasteiger partial charge in [-0.25, -0.2) is 0 Å². The zero-order valence-electron chi connectivity index (χ0n) is 21.2. The molecule has 4 aromatic rings. The Balaban J connectivity index is 1.30. The molecular formula is C29H34N6O. The monoisotopic (exact) mass is 482 g/mol. The second-order valence-corrected chi connectivity index (χ2v) is 9.99. The van der Waals surface area contributed by atoms with Gasteiger partial charge in [0.05, 0.1) is 30.8 Å². The van der Waals surface area contributed by atoms with Crippen molar-refractivity contribution in [3.05, 3.63) is 66.6 Å². The first-order valence-corrected chi connectivity index (χ1v) is 12.9. The predicted octanol–water partition coefficient (Wildman–Crippen LogP) is 3.89. The third kappa shape index (κ3) is 4.74. The molecular weight excluding hydrogens is 448 g/mol. The molecule has 0 amide bonds. The van der Waals surface area contributed by atoms with Gasteiger partial charge in [0.15, 0.2) is 0 Å². The summed E-state index contributed by atoms with van der Waals surface area (Å²) in [5.74, 6) is 0. The lowest BCUT2D eigenvalue weighted by Crippen LogP contribution is -2.44. The van der Waals surface area contributed by atoms with Crippen LogP contribution in [0.25, 0.3) is 33.2 Å². The summed E-state index contributed by atoms with van der Waals surface area (Å²) in [6.07, 6.45) is 3.99. The van der Waals surface area contributed by atoms with Crippen molar-refractivity contribution in [1.29, 1.82) is 0 Å². The van der Waals surface area contributed by atoms with Crippen LogP contribution in [0.2, 0.25) is 0 Å². The highest BCUT2D eigenvalue weighted by atomic mass is 16.5. The standard InChI is InChI=1S/C29H34N6O/c1-32-8-10-35(11-9-32)26-5-3-4-23(17-26)28-18-25-16-22(6-7-24(25)19-30-28)27-20-31-33(2)29(27)21-34-12-14-36-15-13-34/h3-7,16-20H,8-15,21H2,1-2H3. The van der Waals surface area contributed by atoms with Gasteiger partial charge in [0.2, 0.25) is 0 Å². The van der Waals surface area contributed by atoms with E-state index in [1.54, 1.807) is 0 Å². The number of aromatic nitrogens is 3. The normalized spacial score (nSPS) is 17.7. The van der Waals surface area contributed by atoms with Crippen LogP contribution in [-0.2, 0) is 18.3 Å². The Hall–Kier alpha value is -3.26. The minimum absolute atomic E-state index is 0.801. The zero-order valence-corrected chi connectivity index (χ0v) is 21.2. The van der Waals surface area contributed by atoms with Crippen LogP contribution < -0.4 is 4.90 Å². The van der Waals surface area contributed by atoms with Gasteiger partial charge in [-0.2, -0.15) is 5.10 Å². The van der Waals surface area contributed by atoms with Crippen molar-refractivity contribution in [2.45, 2.75) is 6.54 Å². The summed E-state index contributed by atoms with van der Waals surface area (Å²) in [7, 11) is 4.23. The van der Waals surface area contributed by atoms with Gasteiger partial charge in [-0.15, -0.1) is 0 Å². The molecule has 2 saturated heterocycles. The average molecular weight is 483 g/mol. The lowest BCUT2D eigenvalue weighted by Gasteiger charge is -2.34. The van der Waals surface area contributed by atoms with Crippen LogP contribution in [0.5, 0.6) is 0 Å². The third-order valence-electron chi connectivity index (χ3n) is 7.58.